The highest BCUT2D eigenvalue weighted by Gasteiger charge is 2.18. The molecule has 0 bridgehead atoms. The molecule has 2 rings (SSSR count). The average Bonchev–Trinajstić information content (AvgIpc) is 2.96. The number of carbonyl (C=O) groups is 1. The Hall–Kier alpha value is -1.60. The number of benzene rings is 1. The van der Waals surface area contributed by atoms with Crippen LogP contribution in [0.2, 0.25) is 0 Å². The van der Waals surface area contributed by atoms with Gasteiger partial charge in [-0.3, -0.25) is 14.9 Å². The fourth-order valence-electron chi connectivity index (χ4n) is 1.87. The maximum Gasteiger partial charge on any atom is 0.316 e. The Kier molecular flexibility index (Phi) is 5.37. The van der Waals surface area contributed by atoms with E-state index in [1.165, 1.54) is 6.07 Å². The molecular formula is C13H15NO5S. The molecule has 7 heteroatoms. The first kappa shape index (κ1) is 14.8. The van der Waals surface area contributed by atoms with Crippen molar-refractivity contribution >= 4 is 23.4 Å². The smallest absolute Gasteiger partial charge is 0.316 e. The van der Waals surface area contributed by atoms with Gasteiger partial charge in [0.05, 0.1) is 21.7 Å². The largest absolute Gasteiger partial charge is 0.462 e. The highest BCUT2D eigenvalue weighted by atomic mass is 32.2. The van der Waals surface area contributed by atoms with E-state index in [1.807, 2.05) is 0 Å². The summed E-state index contributed by atoms with van der Waals surface area (Å²) in [5, 5.41) is 10.8. The number of esters is 1. The minimum absolute atomic E-state index is 0.00410. The van der Waals surface area contributed by atoms with Gasteiger partial charge in [0, 0.05) is 12.7 Å². The van der Waals surface area contributed by atoms with Gasteiger partial charge in [-0.1, -0.05) is 12.1 Å². The summed E-state index contributed by atoms with van der Waals surface area (Å²) < 4.78 is 10.4. The van der Waals surface area contributed by atoms with E-state index >= 15 is 0 Å². The van der Waals surface area contributed by atoms with Crippen molar-refractivity contribution < 1.29 is 19.2 Å². The topological polar surface area (TPSA) is 78.7 Å². The molecule has 0 amide bonds. The molecule has 6 nitrogen and oxygen atoms in total. The first-order valence-corrected chi connectivity index (χ1v) is 7.29. The van der Waals surface area contributed by atoms with Crippen molar-refractivity contribution in [3.63, 3.8) is 0 Å². The number of nitro groups is 1. The van der Waals surface area contributed by atoms with Crippen molar-refractivity contribution in [3.05, 3.63) is 34.4 Å². The van der Waals surface area contributed by atoms with Gasteiger partial charge in [-0.25, -0.2) is 0 Å². The van der Waals surface area contributed by atoms with Gasteiger partial charge in [-0.2, -0.15) is 0 Å². The van der Waals surface area contributed by atoms with Crippen molar-refractivity contribution in [2.24, 2.45) is 0 Å². The molecule has 108 valence electrons. The predicted octanol–water partition coefficient (Wildman–Crippen LogP) is 2.41. The minimum atomic E-state index is -0.458. The Morgan fingerprint density at radius 3 is 3.00 bits per heavy atom. The zero-order valence-corrected chi connectivity index (χ0v) is 11.6. The first-order valence-electron chi connectivity index (χ1n) is 6.30. The molecule has 0 saturated carbocycles. The quantitative estimate of drug-likeness (QED) is 0.347. The number of carbonyl (C=O) groups excluding carboxylic acids is 1. The second-order valence-corrected chi connectivity index (χ2v) is 5.35. The first-order chi connectivity index (χ1) is 9.66. The summed E-state index contributed by atoms with van der Waals surface area (Å²) in [5.74, 6) is -0.332. The van der Waals surface area contributed by atoms with Crippen LogP contribution >= 0.6 is 11.8 Å². The molecule has 1 aliphatic rings. The van der Waals surface area contributed by atoms with Crippen molar-refractivity contribution in [1.82, 2.24) is 0 Å². The van der Waals surface area contributed by atoms with Gasteiger partial charge in [0.25, 0.3) is 5.69 Å². The maximum atomic E-state index is 11.6. The third-order valence-electron chi connectivity index (χ3n) is 2.86. The maximum absolute atomic E-state index is 11.6. The van der Waals surface area contributed by atoms with Gasteiger partial charge < -0.3 is 9.47 Å². The fourth-order valence-corrected chi connectivity index (χ4v) is 2.69. The van der Waals surface area contributed by atoms with Crippen LogP contribution in [0, 0.1) is 10.1 Å². The summed E-state index contributed by atoms with van der Waals surface area (Å²) in [5.41, 5.74) is 0.00410. The molecule has 1 aromatic carbocycles. The summed E-state index contributed by atoms with van der Waals surface area (Å²) in [6.07, 6.45) is 1.90. The van der Waals surface area contributed by atoms with Gasteiger partial charge in [0.1, 0.15) is 6.61 Å². The van der Waals surface area contributed by atoms with E-state index in [0.29, 0.717) is 11.5 Å². The highest BCUT2D eigenvalue weighted by Crippen LogP contribution is 2.28. The van der Waals surface area contributed by atoms with Crippen LogP contribution in [0.4, 0.5) is 5.69 Å². The molecule has 0 spiro atoms. The van der Waals surface area contributed by atoms with Crippen molar-refractivity contribution in [2.75, 3.05) is 19.0 Å². The summed E-state index contributed by atoms with van der Waals surface area (Å²) >= 11 is 1.11. The molecule has 0 aromatic heterocycles. The highest BCUT2D eigenvalue weighted by molar-refractivity contribution is 8.00. The molecule has 0 aliphatic carbocycles. The Morgan fingerprint density at radius 1 is 1.50 bits per heavy atom. The predicted molar refractivity (Wildman–Crippen MR) is 73.8 cm³/mol. The summed E-state index contributed by atoms with van der Waals surface area (Å²) in [6, 6.07) is 6.33. The number of rotatable bonds is 6. The Morgan fingerprint density at radius 2 is 2.30 bits per heavy atom. The Labute approximate surface area is 120 Å². The lowest BCUT2D eigenvalue weighted by molar-refractivity contribution is -0.387. The molecule has 1 unspecified atom stereocenters. The van der Waals surface area contributed by atoms with E-state index in [0.717, 1.165) is 24.6 Å². The lowest BCUT2D eigenvalue weighted by atomic mass is 10.2. The molecule has 1 saturated heterocycles. The zero-order valence-electron chi connectivity index (χ0n) is 10.8. The molecule has 0 N–H and O–H groups in total. The standard InChI is InChI=1S/C13H15NO5S/c15-13(19-8-10-4-3-7-18-10)9-20-12-6-2-1-5-11(12)14(16)17/h1-2,5-6,10H,3-4,7-9H2. The summed E-state index contributed by atoms with van der Waals surface area (Å²) in [4.78, 5) is 22.4. The Bertz CT molecular complexity index is 487. The van der Waals surface area contributed by atoms with Crippen LogP contribution in [0.5, 0.6) is 0 Å². The van der Waals surface area contributed by atoms with Crippen LogP contribution in [0.25, 0.3) is 0 Å². The number of hydrogen-bond donors (Lipinski definition) is 0. The molecule has 1 atom stereocenters. The monoisotopic (exact) mass is 297 g/mol. The van der Waals surface area contributed by atoms with Gasteiger partial charge in [0.15, 0.2) is 0 Å². The van der Waals surface area contributed by atoms with Crippen molar-refractivity contribution in [2.45, 2.75) is 23.8 Å². The van der Waals surface area contributed by atoms with E-state index < -0.39 is 4.92 Å². The second-order valence-electron chi connectivity index (χ2n) is 4.33. The number of thioether (sulfide) groups is 1. The number of nitrogens with zero attached hydrogens (tertiary/aromatic N) is 1. The van der Waals surface area contributed by atoms with Gasteiger partial charge in [0.2, 0.25) is 0 Å². The number of hydrogen-bond acceptors (Lipinski definition) is 6. The Balaban J connectivity index is 1.79. The van der Waals surface area contributed by atoms with E-state index in [2.05, 4.69) is 0 Å². The second kappa shape index (κ2) is 7.25. The van der Waals surface area contributed by atoms with Crippen LogP contribution < -0.4 is 0 Å². The SMILES string of the molecule is O=C(CSc1ccccc1[N+](=O)[O-])OCC1CCCO1. The van der Waals surface area contributed by atoms with Gasteiger partial charge in [-0.05, 0) is 18.9 Å². The lowest BCUT2D eigenvalue weighted by Crippen LogP contribution is -2.18. The van der Waals surface area contributed by atoms with Crippen LogP contribution in [-0.4, -0.2) is 36.0 Å². The minimum Gasteiger partial charge on any atom is -0.462 e. The summed E-state index contributed by atoms with van der Waals surface area (Å²) in [7, 11) is 0. The number of para-hydroxylation sites is 1. The molecule has 1 aromatic rings. The van der Waals surface area contributed by atoms with Crippen molar-refractivity contribution in [3.8, 4) is 0 Å². The third kappa shape index (κ3) is 4.21. The molecule has 1 fully saturated rings. The normalized spacial score (nSPS) is 17.9. The third-order valence-corrected chi connectivity index (χ3v) is 3.90. The van der Waals surface area contributed by atoms with Crippen LogP contribution in [0.3, 0.4) is 0 Å². The fraction of sp³-hybridized carbons (Fsp3) is 0.462. The molecular weight excluding hydrogens is 282 g/mol. The van der Waals surface area contributed by atoms with Crippen molar-refractivity contribution in [1.29, 1.82) is 0 Å². The zero-order chi connectivity index (χ0) is 14.4. The summed E-state index contributed by atoms with van der Waals surface area (Å²) in [6.45, 7) is 0.976. The molecule has 1 aliphatic heterocycles. The van der Waals surface area contributed by atoms with Gasteiger partial charge >= 0.3 is 5.97 Å². The molecule has 1 heterocycles. The number of ether oxygens (including phenoxy) is 2. The van der Waals surface area contributed by atoms with E-state index in [-0.39, 0.29) is 30.1 Å². The van der Waals surface area contributed by atoms with Gasteiger partial charge in [-0.15, -0.1) is 11.8 Å². The van der Waals surface area contributed by atoms with E-state index in [1.54, 1.807) is 18.2 Å². The van der Waals surface area contributed by atoms with E-state index in [4.69, 9.17) is 9.47 Å². The molecule has 0 radical (unpaired) electrons. The average molecular weight is 297 g/mol. The van der Waals surface area contributed by atoms with E-state index in [9.17, 15) is 14.9 Å². The lowest BCUT2D eigenvalue weighted by Gasteiger charge is -2.09. The number of nitro benzene ring substituents is 1. The molecule has 20 heavy (non-hydrogen) atoms. The van der Waals surface area contributed by atoms with Crippen LogP contribution in [0.15, 0.2) is 29.2 Å². The van der Waals surface area contributed by atoms with Crippen LogP contribution in [-0.2, 0) is 14.3 Å². The van der Waals surface area contributed by atoms with Crippen LogP contribution in [0.1, 0.15) is 12.8 Å².